The van der Waals surface area contributed by atoms with Crippen LogP contribution in [0.2, 0.25) is 0 Å². The van der Waals surface area contributed by atoms with Crippen molar-refractivity contribution < 1.29 is 14.3 Å². The standard InChI is InChI=1S/C17H18N2O3S/c1-4-22-14-8-6-5-7-13(14)9-10-15(21)19-17-18-11(2)16(23-17)12(3)20/h5-10H,4H2,1-3H3,(H,18,19,21). The third-order valence-corrected chi connectivity index (χ3v) is 4.15. The SMILES string of the molecule is CCOc1ccccc1C=CC(=O)Nc1nc(C)c(C(C)=O)s1. The molecule has 0 unspecified atom stereocenters. The van der Waals surface area contributed by atoms with Gasteiger partial charge in [-0.05, 0) is 26.0 Å². The average molecular weight is 330 g/mol. The maximum Gasteiger partial charge on any atom is 0.250 e. The fourth-order valence-electron chi connectivity index (χ4n) is 1.99. The maximum atomic E-state index is 12.0. The molecule has 0 atom stereocenters. The summed E-state index contributed by atoms with van der Waals surface area (Å²) in [5.74, 6) is 0.366. The quantitative estimate of drug-likeness (QED) is 0.647. The summed E-state index contributed by atoms with van der Waals surface area (Å²) in [6, 6.07) is 7.48. The molecule has 23 heavy (non-hydrogen) atoms. The number of aryl methyl sites for hydroxylation is 1. The van der Waals surface area contributed by atoms with Crippen LogP contribution in [0.15, 0.2) is 30.3 Å². The minimum atomic E-state index is -0.305. The van der Waals surface area contributed by atoms with E-state index in [0.29, 0.717) is 22.3 Å². The van der Waals surface area contributed by atoms with Crippen molar-refractivity contribution in [2.45, 2.75) is 20.8 Å². The van der Waals surface area contributed by atoms with Crippen LogP contribution in [0.25, 0.3) is 6.08 Å². The van der Waals surface area contributed by atoms with Crippen molar-refractivity contribution in [1.29, 1.82) is 0 Å². The molecular weight excluding hydrogens is 312 g/mol. The summed E-state index contributed by atoms with van der Waals surface area (Å²) in [7, 11) is 0. The highest BCUT2D eigenvalue weighted by Gasteiger charge is 2.12. The third-order valence-electron chi connectivity index (χ3n) is 2.98. The number of ether oxygens (including phenoxy) is 1. The van der Waals surface area contributed by atoms with Gasteiger partial charge in [0.15, 0.2) is 10.9 Å². The molecule has 1 amide bonds. The second-order valence-corrected chi connectivity index (χ2v) is 5.78. The van der Waals surface area contributed by atoms with Gasteiger partial charge >= 0.3 is 0 Å². The lowest BCUT2D eigenvalue weighted by atomic mass is 10.2. The Bertz CT molecular complexity index is 750. The van der Waals surface area contributed by atoms with Crippen LogP contribution in [0.5, 0.6) is 5.75 Å². The van der Waals surface area contributed by atoms with Crippen molar-refractivity contribution in [2.75, 3.05) is 11.9 Å². The normalized spacial score (nSPS) is 10.7. The Balaban J connectivity index is 2.08. The van der Waals surface area contributed by atoms with Crippen LogP contribution >= 0.6 is 11.3 Å². The first-order valence-electron chi connectivity index (χ1n) is 7.20. The van der Waals surface area contributed by atoms with Crippen molar-refractivity contribution in [3.05, 3.63) is 46.5 Å². The van der Waals surface area contributed by atoms with Gasteiger partial charge in [0, 0.05) is 18.6 Å². The van der Waals surface area contributed by atoms with E-state index in [0.717, 1.165) is 11.3 Å². The maximum absolute atomic E-state index is 12.0. The number of hydrogen-bond acceptors (Lipinski definition) is 5. The number of ketones is 1. The smallest absolute Gasteiger partial charge is 0.250 e. The summed E-state index contributed by atoms with van der Waals surface area (Å²) in [6.07, 6.45) is 3.11. The number of anilines is 1. The van der Waals surface area contributed by atoms with Crippen LogP contribution in [0.3, 0.4) is 0 Å². The van der Waals surface area contributed by atoms with Gasteiger partial charge in [0.1, 0.15) is 5.75 Å². The van der Waals surface area contributed by atoms with Gasteiger partial charge in [-0.1, -0.05) is 29.5 Å². The molecule has 0 aliphatic rings. The molecule has 0 saturated heterocycles. The molecule has 0 saturated carbocycles. The molecule has 120 valence electrons. The number of hydrogen-bond donors (Lipinski definition) is 1. The lowest BCUT2D eigenvalue weighted by Gasteiger charge is -2.06. The zero-order valence-electron chi connectivity index (χ0n) is 13.3. The Morgan fingerprint density at radius 2 is 2.09 bits per heavy atom. The van der Waals surface area contributed by atoms with Crippen LogP contribution in [0.1, 0.15) is 34.8 Å². The van der Waals surface area contributed by atoms with E-state index in [1.165, 1.54) is 24.3 Å². The molecule has 0 aliphatic heterocycles. The van der Waals surface area contributed by atoms with E-state index < -0.39 is 0 Å². The largest absolute Gasteiger partial charge is 0.493 e. The Morgan fingerprint density at radius 3 is 2.74 bits per heavy atom. The van der Waals surface area contributed by atoms with E-state index in [-0.39, 0.29) is 11.7 Å². The number of Topliss-reactive ketones (excluding diaryl/α,β-unsaturated/α-hetero) is 1. The van der Waals surface area contributed by atoms with E-state index in [4.69, 9.17) is 4.74 Å². The predicted molar refractivity (Wildman–Crippen MR) is 92.1 cm³/mol. The highest BCUT2D eigenvalue weighted by molar-refractivity contribution is 7.17. The first-order valence-corrected chi connectivity index (χ1v) is 8.02. The zero-order valence-corrected chi connectivity index (χ0v) is 14.1. The lowest BCUT2D eigenvalue weighted by Crippen LogP contribution is -2.07. The zero-order chi connectivity index (χ0) is 16.8. The van der Waals surface area contributed by atoms with E-state index in [2.05, 4.69) is 10.3 Å². The lowest BCUT2D eigenvalue weighted by molar-refractivity contribution is -0.111. The number of carbonyl (C=O) groups excluding carboxylic acids is 2. The Kier molecular flexibility index (Phi) is 5.65. The summed E-state index contributed by atoms with van der Waals surface area (Å²) in [5, 5.41) is 3.09. The predicted octanol–water partition coefficient (Wildman–Crippen LogP) is 3.70. The first kappa shape index (κ1) is 16.9. The molecule has 0 spiro atoms. The summed E-state index contributed by atoms with van der Waals surface area (Å²) in [4.78, 5) is 28.1. The summed E-state index contributed by atoms with van der Waals surface area (Å²) < 4.78 is 5.50. The molecule has 1 N–H and O–H groups in total. The number of rotatable bonds is 6. The number of amides is 1. The second-order valence-electron chi connectivity index (χ2n) is 4.78. The van der Waals surface area contributed by atoms with E-state index >= 15 is 0 Å². The molecule has 0 bridgehead atoms. The molecule has 1 aromatic heterocycles. The fourth-order valence-corrected chi connectivity index (χ4v) is 2.86. The van der Waals surface area contributed by atoms with Gasteiger partial charge in [-0.25, -0.2) is 4.98 Å². The summed E-state index contributed by atoms with van der Waals surface area (Å²) in [6.45, 7) is 5.70. The molecule has 0 radical (unpaired) electrons. The van der Waals surface area contributed by atoms with Crippen LogP contribution < -0.4 is 10.1 Å². The number of thiazole rings is 1. The van der Waals surface area contributed by atoms with Gasteiger partial charge in [0.2, 0.25) is 5.91 Å². The average Bonchev–Trinajstić information content (AvgIpc) is 2.87. The topological polar surface area (TPSA) is 68.3 Å². The Hall–Kier alpha value is -2.47. The Labute approximate surface area is 139 Å². The molecular formula is C17H18N2O3S. The van der Waals surface area contributed by atoms with Gasteiger partial charge in [0.25, 0.3) is 0 Å². The van der Waals surface area contributed by atoms with E-state index in [1.807, 2.05) is 31.2 Å². The molecule has 1 heterocycles. The monoisotopic (exact) mass is 330 g/mol. The van der Waals surface area contributed by atoms with Crippen LogP contribution in [0.4, 0.5) is 5.13 Å². The third kappa shape index (κ3) is 4.50. The van der Waals surface area contributed by atoms with Crippen molar-refractivity contribution in [1.82, 2.24) is 4.98 Å². The summed E-state index contributed by atoms with van der Waals surface area (Å²) >= 11 is 1.18. The van der Waals surface area contributed by atoms with Crippen molar-refractivity contribution in [2.24, 2.45) is 0 Å². The number of aromatic nitrogens is 1. The molecule has 5 nitrogen and oxygen atoms in total. The van der Waals surface area contributed by atoms with Gasteiger partial charge < -0.3 is 4.74 Å². The van der Waals surface area contributed by atoms with E-state index in [9.17, 15) is 9.59 Å². The molecule has 2 aromatic rings. The van der Waals surface area contributed by atoms with Crippen LogP contribution in [-0.2, 0) is 4.79 Å². The van der Waals surface area contributed by atoms with Gasteiger partial charge in [-0.3, -0.25) is 14.9 Å². The van der Waals surface area contributed by atoms with Crippen LogP contribution in [0, 0.1) is 6.92 Å². The second kappa shape index (κ2) is 7.69. The van der Waals surface area contributed by atoms with E-state index in [1.54, 1.807) is 13.0 Å². The number of nitrogens with zero attached hydrogens (tertiary/aromatic N) is 1. The minimum absolute atomic E-state index is 0.0540. The van der Waals surface area contributed by atoms with Crippen molar-refractivity contribution in [3.8, 4) is 5.75 Å². The van der Waals surface area contributed by atoms with Crippen LogP contribution in [-0.4, -0.2) is 23.3 Å². The van der Waals surface area contributed by atoms with Gasteiger partial charge in [0.05, 0.1) is 17.2 Å². The van der Waals surface area contributed by atoms with Crippen molar-refractivity contribution in [3.63, 3.8) is 0 Å². The Morgan fingerprint density at radius 1 is 1.35 bits per heavy atom. The van der Waals surface area contributed by atoms with Crippen molar-refractivity contribution >= 4 is 34.2 Å². The molecule has 0 aliphatic carbocycles. The highest BCUT2D eigenvalue weighted by atomic mass is 32.1. The van der Waals surface area contributed by atoms with Gasteiger partial charge in [-0.2, -0.15) is 0 Å². The molecule has 2 rings (SSSR count). The minimum Gasteiger partial charge on any atom is -0.493 e. The fraction of sp³-hybridized carbons (Fsp3) is 0.235. The summed E-state index contributed by atoms with van der Waals surface area (Å²) in [5.41, 5.74) is 1.45. The number of nitrogens with one attached hydrogen (secondary N) is 1. The molecule has 6 heteroatoms. The van der Waals surface area contributed by atoms with Gasteiger partial charge in [-0.15, -0.1) is 0 Å². The highest BCUT2D eigenvalue weighted by Crippen LogP contribution is 2.23. The number of carbonyl (C=O) groups is 2. The number of benzene rings is 1. The number of para-hydroxylation sites is 1. The molecule has 1 aromatic carbocycles. The molecule has 0 fully saturated rings. The first-order chi connectivity index (χ1) is 11.0.